The molecular weight excluding hydrogens is 309 g/mol. The molecule has 5 nitrogen and oxygen atoms in total. The van der Waals surface area contributed by atoms with E-state index in [9.17, 15) is 14.0 Å². The summed E-state index contributed by atoms with van der Waals surface area (Å²) in [5, 5.41) is 7.84. The van der Waals surface area contributed by atoms with E-state index in [1.165, 1.54) is 22.9 Å². The Balaban J connectivity index is 2.10. The monoisotopic (exact) mass is 325 g/mol. The summed E-state index contributed by atoms with van der Waals surface area (Å²) < 4.78 is 14.5. The van der Waals surface area contributed by atoms with Crippen LogP contribution in [0.4, 0.5) is 10.1 Å². The quantitative estimate of drug-likeness (QED) is 0.805. The van der Waals surface area contributed by atoms with E-state index in [2.05, 4.69) is 10.4 Å². The zero-order valence-corrected chi connectivity index (χ0v) is 13.3. The number of aromatic nitrogens is 2. The molecule has 0 atom stereocenters. The second-order valence-electron chi connectivity index (χ2n) is 5.43. The van der Waals surface area contributed by atoms with Gasteiger partial charge in [-0.2, -0.15) is 5.10 Å². The number of carbonyl (C=O) groups excluding carboxylic acids is 1. The van der Waals surface area contributed by atoms with Gasteiger partial charge in [0.15, 0.2) is 5.69 Å². The summed E-state index contributed by atoms with van der Waals surface area (Å²) in [4.78, 5) is 25.0. The molecule has 1 heterocycles. The molecular formula is C18H16FN3O2. The molecule has 1 amide bonds. The smallest absolute Gasteiger partial charge is 0.276 e. The molecule has 3 aromatic rings. The van der Waals surface area contributed by atoms with Crippen molar-refractivity contribution in [3.63, 3.8) is 0 Å². The molecule has 122 valence electrons. The van der Waals surface area contributed by atoms with Gasteiger partial charge in [-0.15, -0.1) is 0 Å². The minimum absolute atomic E-state index is 0.163. The summed E-state index contributed by atoms with van der Waals surface area (Å²) in [6.07, 6.45) is 0. The highest BCUT2D eigenvalue weighted by Crippen LogP contribution is 2.19. The predicted molar refractivity (Wildman–Crippen MR) is 90.8 cm³/mol. The molecule has 0 unspecified atom stereocenters. The molecule has 1 aromatic heterocycles. The highest BCUT2D eigenvalue weighted by atomic mass is 19.1. The molecule has 1 N–H and O–H groups in total. The average molecular weight is 325 g/mol. The summed E-state index contributed by atoms with van der Waals surface area (Å²) in [5.74, 6) is -0.809. The van der Waals surface area contributed by atoms with Crippen LogP contribution in [0.25, 0.3) is 10.8 Å². The number of rotatable bonds is 3. The normalized spacial score (nSPS) is 10.8. The zero-order valence-electron chi connectivity index (χ0n) is 13.3. The number of carbonyl (C=O) groups is 1. The van der Waals surface area contributed by atoms with Gasteiger partial charge in [0.25, 0.3) is 11.5 Å². The molecule has 0 saturated heterocycles. The topological polar surface area (TPSA) is 64.0 Å². The highest BCUT2D eigenvalue weighted by molar-refractivity contribution is 6.11. The van der Waals surface area contributed by atoms with E-state index in [1.54, 1.807) is 38.1 Å². The van der Waals surface area contributed by atoms with E-state index >= 15 is 0 Å². The maximum Gasteiger partial charge on any atom is 0.276 e. The maximum absolute atomic E-state index is 13.2. The third-order valence-electron chi connectivity index (χ3n) is 3.82. The predicted octanol–water partition coefficient (Wildman–Crippen LogP) is 3.12. The number of hydrogen-bond acceptors (Lipinski definition) is 3. The van der Waals surface area contributed by atoms with Crippen LogP contribution in [0.3, 0.4) is 0 Å². The van der Waals surface area contributed by atoms with Gasteiger partial charge in [-0.3, -0.25) is 9.59 Å². The second kappa shape index (κ2) is 6.23. The van der Waals surface area contributed by atoms with Crippen molar-refractivity contribution in [3.05, 3.63) is 69.9 Å². The molecule has 0 aliphatic rings. The number of nitrogens with zero attached hydrogens (tertiary/aromatic N) is 2. The van der Waals surface area contributed by atoms with Crippen molar-refractivity contribution in [2.45, 2.75) is 20.4 Å². The Bertz CT molecular complexity index is 995. The Morgan fingerprint density at radius 3 is 2.58 bits per heavy atom. The van der Waals surface area contributed by atoms with E-state index in [0.29, 0.717) is 28.6 Å². The third-order valence-corrected chi connectivity index (χ3v) is 3.82. The van der Waals surface area contributed by atoms with Crippen molar-refractivity contribution in [1.82, 2.24) is 9.78 Å². The van der Waals surface area contributed by atoms with Crippen LogP contribution in [0.5, 0.6) is 0 Å². The van der Waals surface area contributed by atoms with Crippen molar-refractivity contribution in [3.8, 4) is 0 Å². The largest absolute Gasteiger partial charge is 0.320 e. The molecule has 0 bridgehead atoms. The fraction of sp³-hybridized carbons (Fsp3) is 0.167. The molecule has 0 aliphatic heterocycles. The van der Waals surface area contributed by atoms with Gasteiger partial charge in [0.1, 0.15) is 5.82 Å². The van der Waals surface area contributed by atoms with Crippen LogP contribution in [-0.4, -0.2) is 15.7 Å². The van der Waals surface area contributed by atoms with E-state index in [1.807, 2.05) is 0 Å². The van der Waals surface area contributed by atoms with Crippen LogP contribution in [-0.2, 0) is 6.54 Å². The standard InChI is InChI=1S/C18H16FN3O2/c1-3-22-18(24)14-7-5-4-6-13(14)16(21-22)17(23)20-15-9-8-12(19)10-11(15)2/h4-10H,3H2,1-2H3,(H,20,23). The first kappa shape index (κ1) is 15.9. The van der Waals surface area contributed by atoms with Crippen molar-refractivity contribution >= 4 is 22.4 Å². The third kappa shape index (κ3) is 2.78. The summed E-state index contributed by atoms with van der Waals surface area (Å²) in [7, 11) is 0. The van der Waals surface area contributed by atoms with Gasteiger partial charge in [-0.05, 0) is 43.7 Å². The number of anilines is 1. The number of fused-ring (bicyclic) bond motifs is 1. The molecule has 24 heavy (non-hydrogen) atoms. The Labute approximate surface area is 137 Å². The van der Waals surface area contributed by atoms with Crippen LogP contribution in [0.15, 0.2) is 47.3 Å². The second-order valence-corrected chi connectivity index (χ2v) is 5.43. The molecule has 2 aromatic carbocycles. The van der Waals surface area contributed by atoms with E-state index in [0.717, 1.165) is 0 Å². The van der Waals surface area contributed by atoms with Crippen molar-refractivity contribution in [2.24, 2.45) is 0 Å². The minimum Gasteiger partial charge on any atom is -0.320 e. The molecule has 3 rings (SSSR count). The first-order valence-corrected chi connectivity index (χ1v) is 7.58. The lowest BCUT2D eigenvalue weighted by Crippen LogP contribution is -2.27. The van der Waals surface area contributed by atoms with Gasteiger partial charge < -0.3 is 5.32 Å². The molecule has 0 radical (unpaired) electrons. The summed E-state index contributed by atoms with van der Waals surface area (Å²) in [5.41, 5.74) is 1.04. The zero-order chi connectivity index (χ0) is 17.3. The van der Waals surface area contributed by atoms with Crippen molar-refractivity contribution in [2.75, 3.05) is 5.32 Å². The summed E-state index contributed by atoms with van der Waals surface area (Å²) in [6, 6.07) is 11.0. The molecule has 6 heteroatoms. The van der Waals surface area contributed by atoms with Gasteiger partial charge in [0, 0.05) is 17.6 Å². The fourth-order valence-electron chi connectivity index (χ4n) is 2.57. The Morgan fingerprint density at radius 2 is 1.92 bits per heavy atom. The number of hydrogen-bond donors (Lipinski definition) is 1. The SMILES string of the molecule is CCn1nc(C(=O)Nc2ccc(F)cc2C)c2ccccc2c1=O. The average Bonchev–Trinajstić information content (AvgIpc) is 2.58. The van der Waals surface area contributed by atoms with E-state index < -0.39 is 5.91 Å². The number of amides is 1. The van der Waals surface area contributed by atoms with Crippen LogP contribution in [0.1, 0.15) is 23.0 Å². The lowest BCUT2D eigenvalue weighted by Gasteiger charge is -2.11. The van der Waals surface area contributed by atoms with Crippen molar-refractivity contribution < 1.29 is 9.18 Å². The number of benzene rings is 2. The molecule has 0 fully saturated rings. The van der Waals surface area contributed by atoms with Crippen LogP contribution >= 0.6 is 0 Å². The molecule has 0 saturated carbocycles. The van der Waals surface area contributed by atoms with Gasteiger partial charge in [-0.1, -0.05) is 18.2 Å². The Morgan fingerprint density at radius 1 is 1.21 bits per heavy atom. The van der Waals surface area contributed by atoms with E-state index in [-0.39, 0.29) is 17.1 Å². The number of halogens is 1. The molecule has 0 spiro atoms. The highest BCUT2D eigenvalue weighted by Gasteiger charge is 2.17. The number of nitrogens with one attached hydrogen (secondary N) is 1. The van der Waals surface area contributed by atoms with Crippen molar-refractivity contribution in [1.29, 1.82) is 0 Å². The summed E-state index contributed by atoms with van der Waals surface area (Å²) >= 11 is 0. The Hall–Kier alpha value is -3.02. The minimum atomic E-state index is -0.442. The Kier molecular flexibility index (Phi) is 4.12. The van der Waals surface area contributed by atoms with Crippen LogP contribution in [0.2, 0.25) is 0 Å². The molecule has 0 aliphatic carbocycles. The van der Waals surface area contributed by atoms with E-state index in [4.69, 9.17) is 0 Å². The van der Waals surface area contributed by atoms with Gasteiger partial charge in [0.05, 0.1) is 5.39 Å². The maximum atomic E-state index is 13.2. The fourth-order valence-corrected chi connectivity index (χ4v) is 2.57. The lowest BCUT2D eigenvalue weighted by atomic mass is 10.1. The lowest BCUT2D eigenvalue weighted by molar-refractivity contribution is 0.102. The van der Waals surface area contributed by atoms with Crippen LogP contribution in [0, 0.1) is 12.7 Å². The van der Waals surface area contributed by atoms with Crippen LogP contribution < -0.4 is 10.9 Å². The van der Waals surface area contributed by atoms with Gasteiger partial charge in [0.2, 0.25) is 0 Å². The first-order chi connectivity index (χ1) is 11.5. The number of aryl methyl sites for hydroxylation is 2. The van der Waals surface area contributed by atoms with Gasteiger partial charge >= 0.3 is 0 Å². The first-order valence-electron chi connectivity index (χ1n) is 7.58. The summed E-state index contributed by atoms with van der Waals surface area (Å²) in [6.45, 7) is 3.85. The van der Waals surface area contributed by atoms with Gasteiger partial charge in [-0.25, -0.2) is 9.07 Å².